The number of amides is 1. The highest BCUT2D eigenvalue weighted by molar-refractivity contribution is 5.94. The summed E-state index contributed by atoms with van der Waals surface area (Å²) in [5.41, 5.74) is 0.419. The molecule has 162 valence electrons. The molecular weight excluding hydrogens is 370 g/mol. The van der Waals surface area contributed by atoms with Crippen molar-refractivity contribution in [1.82, 2.24) is 14.7 Å². The van der Waals surface area contributed by atoms with E-state index in [1.165, 1.54) is 0 Å². The first-order chi connectivity index (χ1) is 14.0. The van der Waals surface area contributed by atoms with E-state index in [2.05, 4.69) is 9.80 Å². The summed E-state index contributed by atoms with van der Waals surface area (Å²) >= 11 is 0. The molecule has 1 unspecified atom stereocenters. The van der Waals surface area contributed by atoms with Gasteiger partial charge >= 0.3 is 0 Å². The Morgan fingerprint density at radius 3 is 2.59 bits per heavy atom. The van der Waals surface area contributed by atoms with Crippen molar-refractivity contribution in [1.29, 1.82) is 0 Å². The van der Waals surface area contributed by atoms with Crippen molar-refractivity contribution in [2.24, 2.45) is 0 Å². The molecule has 1 aromatic carbocycles. The number of hydrogen-bond donors (Lipinski definition) is 1. The smallest absolute Gasteiger partial charge is 0.253 e. The quantitative estimate of drug-likeness (QED) is 0.694. The summed E-state index contributed by atoms with van der Waals surface area (Å²) in [5, 5.41) is 9.72. The predicted molar refractivity (Wildman–Crippen MR) is 112 cm³/mol. The van der Waals surface area contributed by atoms with Crippen molar-refractivity contribution in [2.75, 3.05) is 72.2 Å². The van der Waals surface area contributed by atoms with Crippen molar-refractivity contribution >= 4 is 5.91 Å². The Morgan fingerprint density at radius 1 is 1.17 bits per heavy atom. The molecular formula is C22H35N3O4. The maximum Gasteiger partial charge on any atom is 0.253 e. The van der Waals surface area contributed by atoms with E-state index < -0.39 is 0 Å². The van der Waals surface area contributed by atoms with Crippen molar-refractivity contribution in [3.05, 3.63) is 35.9 Å². The van der Waals surface area contributed by atoms with Gasteiger partial charge in [0.2, 0.25) is 0 Å². The normalized spacial score (nSPS) is 21.8. The standard InChI is InChI=1S/C22H35N3O4/c1-22(2,18-26)25-12-15-29-20(17-25)16-24(9-8-23-10-13-28-14-11-23)21(27)19-6-4-3-5-7-19/h3-7,20,26H,8-18H2,1-2H3. The largest absolute Gasteiger partial charge is 0.394 e. The first-order valence-corrected chi connectivity index (χ1v) is 10.6. The van der Waals surface area contributed by atoms with Crippen LogP contribution in [0.4, 0.5) is 0 Å². The third-order valence-corrected chi connectivity index (χ3v) is 5.90. The zero-order chi connectivity index (χ0) is 20.7. The van der Waals surface area contributed by atoms with Gasteiger partial charge in [-0.05, 0) is 26.0 Å². The van der Waals surface area contributed by atoms with Gasteiger partial charge in [-0.1, -0.05) is 18.2 Å². The predicted octanol–water partition coefficient (Wildman–Crippen LogP) is 0.933. The summed E-state index contributed by atoms with van der Waals surface area (Å²) in [7, 11) is 0. The van der Waals surface area contributed by atoms with Crippen LogP contribution >= 0.6 is 0 Å². The SMILES string of the molecule is CC(C)(CO)N1CCOC(CN(CCN2CCOCC2)C(=O)c2ccccc2)C1. The van der Waals surface area contributed by atoms with Crippen molar-refractivity contribution in [3.8, 4) is 0 Å². The van der Waals surface area contributed by atoms with Crippen LogP contribution in [-0.4, -0.2) is 110 Å². The Kier molecular flexibility index (Phi) is 8.03. The van der Waals surface area contributed by atoms with Crippen molar-refractivity contribution < 1.29 is 19.4 Å². The van der Waals surface area contributed by atoms with E-state index in [1.807, 2.05) is 49.1 Å². The van der Waals surface area contributed by atoms with Crippen LogP contribution in [0.1, 0.15) is 24.2 Å². The number of rotatable bonds is 8. The van der Waals surface area contributed by atoms with Gasteiger partial charge in [-0.25, -0.2) is 0 Å². The lowest BCUT2D eigenvalue weighted by molar-refractivity contribution is -0.0802. The van der Waals surface area contributed by atoms with Crippen LogP contribution in [0, 0.1) is 0 Å². The molecule has 0 aromatic heterocycles. The van der Waals surface area contributed by atoms with Gasteiger partial charge < -0.3 is 19.5 Å². The molecule has 2 aliphatic rings. The van der Waals surface area contributed by atoms with Crippen LogP contribution in [0.2, 0.25) is 0 Å². The van der Waals surface area contributed by atoms with Crippen LogP contribution in [0.5, 0.6) is 0 Å². The molecule has 2 heterocycles. The average Bonchev–Trinajstić information content (AvgIpc) is 2.77. The molecule has 2 aliphatic heterocycles. The van der Waals surface area contributed by atoms with Gasteiger partial charge in [-0.3, -0.25) is 14.6 Å². The Labute approximate surface area is 174 Å². The number of carbonyl (C=O) groups is 1. The Morgan fingerprint density at radius 2 is 1.90 bits per heavy atom. The Balaban J connectivity index is 1.66. The molecule has 29 heavy (non-hydrogen) atoms. The van der Waals surface area contributed by atoms with Crippen LogP contribution < -0.4 is 0 Å². The number of nitrogens with zero attached hydrogens (tertiary/aromatic N) is 3. The fraction of sp³-hybridized carbons (Fsp3) is 0.682. The minimum absolute atomic E-state index is 0.0426. The van der Waals surface area contributed by atoms with Crippen molar-refractivity contribution in [3.63, 3.8) is 0 Å². The number of hydrogen-bond acceptors (Lipinski definition) is 6. The van der Waals surface area contributed by atoms with E-state index in [9.17, 15) is 9.90 Å². The summed E-state index contributed by atoms with van der Waals surface area (Å²) in [6, 6.07) is 9.46. The topological polar surface area (TPSA) is 65.5 Å². The summed E-state index contributed by atoms with van der Waals surface area (Å²) < 4.78 is 11.4. The number of ether oxygens (including phenoxy) is 2. The van der Waals surface area contributed by atoms with Gasteiger partial charge in [0.1, 0.15) is 0 Å². The van der Waals surface area contributed by atoms with Crippen molar-refractivity contribution in [2.45, 2.75) is 25.5 Å². The molecule has 2 saturated heterocycles. The van der Waals surface area contributed by atoms with Crippen LogP contribution in [0.25, 0.3) is 0 Å². The molecule has 0 aliphatic carbocycles. The van der Waals surface area contributed by atoms with Gasteiger partial charge in [-0.2, -0.15) is 0 Å². The van der Waals surface area contributed by atoms with E-state index in [4.69, 9.17) is 9.47 Å². The number of morpholine rings is 2. The molecule has 0 radical (unpaired) electrons. The van der Waals surface area contributed by atoms with E-state index in [0.717, 1.165) is 39.4 Å². The molecule has 0 bridgehead atoms. The number of carbonyl (C=O) groups excluding carboxylic acids is 1. The van der Waals surface area contributed by atoms with Crippen LogP contribution in [-0.2, 0) is 9.47 Å². The van der Waals surface area contributed by atoms with E-state index in [-0.39, 0.29) is 24.2 Å². The summed E-state index contributed by atoms with van der Waals surface area (Å²) in [5.74, 6) is 0.0426. The fourth-order valence-electron chi connectivity index (χ4n) is 3.85. The van der Waals surface area contributed by atoms with Crippen LogP contribution in [0.3, 0.4) is 0 Å². The third kappa shape index (κ3) is 6.23. The van der Waals surface area contributed by atoms with Gasteiger partial charge in [-0.15, -0.1) is 0 Å². The first kappa shape index (κ1) is 22.2. The number of aliphatic hydroxyl groups excluding tert-OH is 1. The highest BCUT2D eigenvalue weighted by Crippen LogP contribution is 2.19. The minimum atomic E-state index is -0.288. The highest BCUT2D eigenvalue weighted by atomic mass is 16.5. The molecule has 1 N–H and O–H groups in total. The molecule has 7 nitrogen and oxygen atoms in total. The second-order valence-electron chi connectivity index (χ2n) is 8.48. The Bertz CT molecular complexity index is 634. The lowest BCUT2D eigenvalue weighted by Crippen LogP contribution is -2.57. The lowest BCUT2D eigenvalue weighted by Gasteiger charge is -2.43. The first-order valence-electron chi connectivity index (χ1n) is 10.6. The molecule has 0 saturated carbocycles. The third-order valence-electron chi connectivity index (χ3n) is 5.90. The highest BCUT2D eigenvalue weighted by Gasteiger charge is 2.33. The maximum absolute atomic E-state index is 13.2. The second kappa shape index (κ2) is 10.5. The second-order valence-corrected chi connectivity index (χ2v) is 8.48. The van der Waals surface area contributed by atoms with Gasteiger partial charge in [0.05, 0.1) is 32.5 Å². The molecule has 7 heteroatoms. The Hall–Kier alpha value is -1.51. The lowest BCUT2D eigenvalue weighted by atomic mass is 10.0. The molecule has 0 spiro atoms. The number of benzene rings is 1. The molecule has 1 aromatic rings. The summed E-state index contributed by atoms with van der Waals surface area (Å²) in [6.45, 7) is 11.7. The molecule has 3 rings (SSSR count). The average molecular weight is 406 g/mol. The van der Waals surface area contributed by atoms with E-state index >= 15 is 0 Å². The molecule has 1 atom stereocenters. The monoisotopic (exact) mass is 405 g/mol. The number of aliphatic hydroxyl groups is 1. The van der Waals surface area contributed by atoms with Gasteiger partial charge in [0.15, 0.2) is 0 Å². The minimum Gasteiger partial charge on any atom is -0.394 e. The summed E-state index contributed by atoms with van der Waals surface area (Å²) in [6.07, 6.45) is -0.0630. The van der Waals surface area contributed by atoms with Gasteiger partial charge in [0.25, 0.3) is 5.91 Å². The molecule has 1 amide bonds. The zero-order valence-corrected chi connectivity index (χ0v) is 17.8. The fourth-order valence-corrected chi connectivity index (χ4v) is 3.85. The van der Waals surface area contributed by atoms with Crippen LogP contribution in [0.15, 0.2) is 30.3 Å². The van der Waals surface area contributed by atoms with E-state index in [1.54, 1.807) is 0 Å². The molecule has 2 fully saturated rings. The summed E-state index contributed by atoms with van der Waals surface area (Å²) in [4.78, 5) is 19.7. The van der Waals surface area contributed by atoms with E-state index in [0.29, 0.717) is 31.8 Å². The zero-order valence-electron chi connectivity index (χ0n) is 17.8. The maximum atomic E-state index is 13.2. The van der Waals surface area contributed by atoms with Gasteiger partial charge in [0, 0.05) is 56.9 Å².